The minimum Gasteiger partial charge on any atom is -0.396 e. The minimum absolute atomic E-state index is 0.239. The Hall–Kier alpha value is -0.830. The third kappa shape index (κ3) is 1.12. The first kappa shape index (κ1) is 9.71. The van der Waals surface area contributed by atoms with E-state index in [1.54, 1.807) is 0 Å². The van der Waals surface area contributed by atoms with Gasteiger partial charge in [0.1, 0.15) is 0 Å². The number of aryl methyl sites for hydroxylation is 1. The molecule has 2 rings (SSSR count). The topological polar surface area (TPSA) is 38.1 Å². The first-order chi connectivity index (χ1) is 6.50. The van der Waals surface area contributed by atoms with Crippen molar-refractivity contribution in [2.75, 3.05) is 6.61 Å². The molecule has 1 aliphatic rings. The van der Waals surface area contributed by atoms with Crippen molar-refractivity contribution in [3.63, 3.8) is 0 Å². The Morgan fingerprint density at radius 2 is 2.21 bits per heavy atom. The van der Waals surface area contributed by atoms with Crippen LogP contribution >= 0.6 is 0 Å². The van der Waals surface area contributed by atoms with Gasteiger partial charge in [-0.25, -0.2) is 0 Å². The van der Waals surface area contributed by atoms with E-state index in [-0.39, 0.29) is 12.0 Å². The van der Waals surface area contributed by atoms with Crippen LogP contribution in [-0.4, -0.2) is 21.5 Å². The summed E-state index contributed by atoms with van der Waals surface area (Å²) >= 11 is 0. The zero-order valence-corrected chi connectivity index (χ0v) is 9.28. The molecular formula is C11H18N2O. The van der Waals surface area contributed by atoms with E-state index in [1.807, 2.05) is 17.9 Å². The van der Waals surface area contributed by atoms with Crippen LogP contribution in [0.25, 0.3) is 0 Å². The van der Waals surface area contributed by atoms with E-state index >= 15 is 0 Å². The fourth-order valence-electron chi connectivity index (χ4n) is 2.52. The van der Waals surface area contributed by atoms with Crippen LogP contribution in [0.3, 0.4) is 0 Å². The summed E-state index contributed by atoms with van der Waals surface area (Å²) in [6.45, 7) is 6.80. The van der Waals surface area contributed by atoms with Crippen LogP contribution in [0.4, 0.5) is 0 Å². The van der Waals surface area contributed by atoms with Crippen molar-refractivity contribution in [3.05, 3.63) is 17.5 Å². The molecule has 14 heavy (non-hydrogen) atoms. The van der Waals surface area contributed by atoms with Crippen LogP contribution in [0.15, 0.2) is 6.20 Å². The molecule has 0 bridgehead atoms. The Balaban J connectivity index is 2.31. The van der Waals surface area contributed by atoms with Crippen LogP contribution in [0.5, 0.6) is 0 Å². The van der Waals surface area contributed by atoms with Gasteiger partial charge in [-0.15, -0.1) is 0 Å². The van der Waals surface area contributed by atoms with Crippen molar-refractivity contribution in [2.24, 2.45) is 18.4 Å². The Kier molecular flexibility index (Phi) is 1.96. The molecule has 1 aliphatic carbocycles. The Morgan fingerprint density at radius 3 is 2.57 bits per heavy atom. The lowest BCUT2D eigenvalue weighted by Crippen LogP contribution is -1.95. The highest BCUT2D eigenvalue weighted by molar-refractivity contribution is 5.33. The molecule has 0 amide bonds. The quantitative estimate of drug-likeness (QED) is 0.774. The Morgan fingerprint density at radius 1 is 1.57 bits per heavy atom. The predicted molar refractivity (Wildman–Crippen MR) is 55.0 cm³/mol. The van der Waals surface area contributed by atoms with Crippen molar-refractivity contribution in [1.29, 1.82) is 0 Å². The first-order valence-electron chi connectivity index (χ1n) is 5.09. The second-order valence-corrected chi connectivity index (χ2v) is 4.90. The molecule has 2 unspecified atom stereocenters. The van der Waals surface area contributed by atoms with E-state index in [1.165, 1.54) is 11.3 Å². The zero-order valence-electron chi connectivity index (χ0n) is 9.28. The summed E-state index contributed by atoms with van der Waals surface area (Å²) in [4.78, 5) is 0. The zero-order chi connectivity index (χ0) is 10.5. The lowest BCUT2D eigenvalue weighted by Gasteiger charge is -2.01. The number of nitrogens with zero attached hydrogens (tertiary/aromatic N) is 2. The number of hydrogen-bond donors (Lipinski definition) is 1. The van der Waals surface area contributed by atoms with E-state index in [2.05, 4.69) is 25.9 Å². The number of hydrogen-bond acceptors (Lipinski definition) is 2. The maximum Gasteiger partial charge on any atom is 0.0527 e. The van der Waals surface area contributed by atoms with Gasteiger partial charge in [-0.1, -0.05) is 13.8 Å². The standard InChI is InChI=1S/C11H18N2O/c1-7-8(5-12-13(7)4)10-9(6-14)11(10,2)3/h5,9-10,14H,6H2,1-4H3. The van der Waals surface area contributed by atoms with Gasteiger partial charge in [0, 0.05) is 19.3 Å². The average Bonchev–Trinajstić information content (AvgIpc) is 2.52. The van der Waals surface area contributed by atoms with Crippen LogP contribution in [-0.2, 0) is 7.05 Å². The molecule has 1 N–H and O–H groups in total. The summed E-state index contributed by atoms with van der Waals surface area (Å²) in [5.41, 5.74) is 2.76. The molecule has 0 aromatic carbocycles. The third-order valence-electron chi connectivity index (χ3n) is 3.86. The van der Waals surface area contributed by atoms with Crippen molar-refractivity contribution in [2.45, 2.75) is 26.7 Å². The summed E-state index contributed by atoms with van der Waals surface area (Å²) in [7, 11) is 1.96. The fourth-order valence-corrected chi connectivity index (χ4v) is 2.52. The molecule has 1 heterocycles. The highest BCUT2D eigenvalue weighted by Gasteiger charge is 2.58. The summed E-state index contributed by atoms with van der Waals surface area (Å²) in [5.74, 6) is 0.895. The summed E-state index contributed by atoms with van der Waals surface area (Å²) in [6.07, 6.45) is 1.94. The fraction of sp³-hybridized carbons (Fsp3) is 0.727. The molecule has 0 aliphatic heterocycles. The molecule has 3 heteroatoms. The smallest absolute Gasteiger partial charge is 0.0527 e. The number of aliphatic hydroxyl groups excluding tert-OH is 1. The molecule has 1 aromatic rings. The molecule has 78 valence electrons. The van der Waals surface area contributed by atoms with Crippen molar-refractivity contribution >= 4 is 0 Å². The highest BCUT2D eigenvalue weighted by Crippen LogP contribution is 2.64. The van der Waals surface area contributed by atoms with Gasteiger partial charge in [0.05, 0.1) is 6.20 Å². The lowest BCUT2D eigenvalue weighted by molar-refractivity contribution is 0.256. The van der Waals surface area contributed by atoms with Crippen LogP contribution in [0.2, 0.25) is 0 Å². The summed E-state index contributed by atoms with van der Waals surface area (Å²) < 4.78 is 1.90. The normalized spacial score (nSPS) is 29.2. The molecular weight excluding hydrogens is 176 g/mol. The predicted octanol–water partition coefficient (Wildman–Crippen LogP) is 1.46. The SMILES string of the molecule is Cc1c(C2C(CO)C2(C)C)cnn1C. The van der Waals surface area contributed by atoms with Crippen LogP contribution in [0, 0.1) is 18.3 Å². The van der Waals surface area contributed by atoms with E-state index in [4.69, 9.17) is 0 Å². The lowest BCUT2D eigenvalue weighted by atomic mass is 10.0. The number of aromatic nitrogens is 2. The molecule has 1 saturated carbocycles. The van der Waals surface area contributed by atoms with E-state index in [0.29, 0.717) is 11.8 Å². The Labute approximate surface area is 84.7 Å². The van der Waals surface area contributed by atoms with Crippen molar-refractivity contribution in [1.82, 2.24) is 9.78 Å². The van der Waals surface area contributed by atoms with E-state index < -0.39 is 0 Å². The van der Waals surface area contributed by atoms with Gasteiger partial charge in [-0.2, -0.15) is 5.10 Å². The summed E-state index contributed by atoms with van der Waals surface area (Å²) in [5, 5.41) is 13.5. The maximum absolute atomic E-state index is 9.24. The number of rotatable bonds is 2. The second kappa shape index (κ2) is 2.83. The first-order valence-corrected chi connectivity index (χ1v) is 5.09. The van der Waals surface area contributed by atoms with E-state index in [9.17, 15) is 5.11 Å². The van der Waals surface area contributed by atoms with Crippen molar-refractivity contribution < 1.29 is 5.11 Å². The molecule has 0 saturated heterocycles. The van der Waals surface area contributed by atoms with E-state index in [0.717, 1.165) is 0 Å². The van der Waals surface area contributed by atoms with Gasteiger partial charge < -0.3 is 5.11 Å². The molecule has 2 atom stereocenters. The highest BCUT2D eigenvalue weighted by atomic mass is 16.3. The van der Waals surface area contributed by atoms with Gasteiger partial charge >= 0.3 is 0 Å². The van der Waals surface area contributed by atoms with Crippen molar-refractivity contribution in [3.8, 4) is 0 Å². The minimum atomic E-state index is 0.239. The molecule has 0 spiro atoms. The number of aliphatic hydroxyl groups is 1. The van der Waals surface area contributed by atoms with Gasteiger partial charge in [-0.3, -0.25) is 4.68 Å². The average molecular weight is 194 g/mol. The third-order valence-corrected chi connectivity index (χ3v) is 3.86. The summed E-state index contributed by atoms with van der Waals surface area (Å²) in [6, 6.07) is 0. The second-order valence-electron chi connectivity index (χ2n) is 4.90. The molecule has 1 aromatic heterocycles. The molecule has 0 radical (unpaired) electrons. The largest absolute Gasteiger partial charge is 0.396 e. The Bertz CT molecular complexity index is 354. The van der Waals surface area contributed by atoms with Crippen LogP contribution < -0.4 is 0 Å². The van der Waals surface area contributed by atoms with Gasteiger partial charge in [0.2, 0.25) is 0 Å². The molecule has 1 fully saturated rings. The maximum atomic E-state index is 9.24. The van der Waals surface area contributed by atoms with Gasteiger partial charge in [0.25, 0.3) is 0 Å². The van der Waals surface area contributed by atoms with Gasteiger partial charge in [0.15, 0.2) is 0 Å². The monoisotopic (exact) mass is 194 g/mol. The van der Waals surface area contributed by atoms with Crippen LogP contribution in [0.1, 0.15) is 31.0 Å². The van der Waals surface area contributed by atoms with Gasteiger partial charge in [-0.05, 0) is 29.7 Å². The molecule has 3 nitrogen and oxygen atoms in total.